The highest BCUT2D eigenvalue weighted by molar-refractivity contribution is 7.81. The fourth-order valence-corrected chi connectivity index (χ4v) is 4.13. The number of ketones is 1. The molecule has 2 amide bonds. The van der Waals surface area contributed by atoms with E-state index in [0.29, 0.717) is 18.5 Å². The first-order valence-electron chi connectivity index (χ1n) is 11.3. The number of hydrogen-bond acceptors (Lipinski definition) is 13. The molecule has 0 saturated heterocycles. The number of carbonyl (C=O) groups excluding carboxylic acids is 3. The highest BCUT2D eigenvalue weighted by Crippen LogP contribution is 2.11. The molecule has 0 unspecified atom stereocenters. The number of nitrogens with one attached hydrogen (secondary N) is 2. The van der Waals surface area contributed by atoms with Crippen molar-refractivity contribution in [3.63, 3.8) is 0 Å². The molecule has 10 N–H and O–H groups in total. The Hall–Kier alpha value is 0.840. The van der Waals surface area contributed by atoms with Gasteiger partial charge in [-0.15, -0.1) is 12.4 Å². The molecule has 0 aromatic rings. The van der Waals surface area contributed by atoms with Gasteiger partial charge in [-0.25, -0.2) is 0 Å². The normalized spacial score (nSPS) is 15.7. The molecule has 0 aliphatic heterocycles. The van der Waals surface area contributed by atoms with Crippen LogP contribution in [-0.4, -0.2) is 89.4 Å². The van der Waals surface area contributed by atoms with Gasteiger partial charge in [0, 0.05) is 53.8 Å². The predicted octanol–water partition coefficient (Wildman–Crippen LogP) is -0.513. The number of hydrogen-bond donors (Lipinski definition) is 12. The number of halogens is 1. The topological polar surface area (TPSA) is 179 Å². The summed E-state index contributed by atoms with van der Waals surface area (Å²) in [5.74, 6) is 1.31. The predicted molar refractivity (Wildman–Crippen MR) is 174 cm³/mol. The van der Waals surface area contributed by atoms with Crippen molar-refractivity contribution < 1.29 is 14.4 Å². The molecule has 16 heteroatoms. The van der Waals surface area contributed by atoms with Gasteiger partial charge >= 0.3 is 0 Å². The molecule has 0 fully saturated rings. The summed E-state index contributed by atoms with van der Waals surface area (Å²) >= 11 is 24.6. The maximum atomic E-state index is 11.9. The molecule has 0 saturated carbocycles. The second-order valence-electron chi connectivity index (χ2n) is 8.08. The Morgan fingerprint density at radius 3 is 1.81 bits per heavy atom. The van der Waals surface area contributed by atoms with Gasteiger partial charge in [0.15, 0.2) is 5.78 Å². The summed E-state index contributed by atoms with van der Waals surface area (Å²) in [5, 5.41) is 5.83. The number of carbonyl (C=O) groups is 3. The van der Waals surface area contributed by atoms with Gasteiger partial charge in [0.2, 0.25) is 11.8 Å². The fraction of sp³-hybridized carbons (Fsp3) is 0.850. The minimum atomic E-state index is -0.869. The van der Waals surface area contributed by atoms with Crippen molar-refractivity contribution >= 4 is 106 Å². The van der Waals surface area contributed by atoms with Crippen molar-refractivity contribution in [1.82, 2.24) is 10.6 Å². The number of amides is 2. The molecule has 0 spiro atoms. The van der Waals surface area contributed by atoms with E-state index in [-0.39, 0.29) is 47.9 Å². The van der Waals surface area contributed by atoms with E-state index < -0.39 is 29.8 Å². The zero-order chi connectivity index (χ0) is 27.4. The quantitative estimate of drug-likeness (QED) is 0.0837. The molecular weight excluding hydrogens is 600 g/mol. The van der Waals surface area contributed by atoms with Crippen LogP contribution in [-0.2, 0) is 14.4 Å². The maximum absolute atomic E-state index is 11.9. The van der Waals surface area contributed by atoms with Crippen LogP contribution in [0.2, 0.25) is 0 Å². The standard InChI is InChI=1S/C10H19N3O3S3.C10H25N3S3.ClH/c11-6(3-18)8(14)1-5(2-17)10(16)13-7(4-19)9(12)15;11-3-10(7-16)13-4-8(5-14)1-2-9(12)6-15;/h5-7,17-19H,1-4,11H2,(H2,12,15)(H,13,16);8-10,13-16H,1-7,11-12H2;1H/t5-,6-,7-;8-,9-,10-;/m01./s1. The Kier molecular flexibility index (Phi) is 29.9. The van der Waals surface area contributed by atoms with E-state index in [0.717, 1.165) is 36.6 Å². The molecule has 0 heterocycles. The number of nitrogens with two attached hydrogens (primary N) is 4. The Labute approximate surface area is 255 Å². The molecule has 0 aromatic carbocycles. The number of rotatable bonds is 19. The summed E-state index contributed by atoms with van der Waals surface area (Å²) in [5.41, 5.74) is 22.0. The van der Waals surface area contributed by atoms with Crippen molar-refractivity contribution in [3.8, 4) is 0 Å². The second-order valence-corrected chi connectivity index (χ2v) is 10.3. The van der Waals surface area contributed by atoms with Gasteiger partial charge in [-0.2, -0.15) is 75.8 Å². The first-order valence-corrected chi connectivity index (χ1v) is 15.1. The lowest BCUT2D eigenvalue weighted by atomic mass is 10.00. The molecule has 216 valence electrons. The van der Waals surface area contributed by atoms with Gasteiger partial charge in [0.25, 0.3) is 0 Å². The van der Waals surface area contributed by atoms with E-state index in [4.69, 9.17) is 22.9 Å². The van der Waals surface area contributed by atoms with Crippen molar-refractivity contribution in [2.45, 2.75) is 43.4 Å². The van der Waals surface area contributed by atoms with Crippen LogP contribution in [0.4, 0.5) is 0 Å². The summed E-state index contributed by atoms with van der Waals surface area (Å²) in [7, 11) is 0. The number of thiol groups is 6. The van der Waals surface area contributed by atoms with Crippen molar-refractivity contribution in [1.29, 1.82) is 0 Å². The first-order chi connectivity index (χ1) is 16.5. The van der Waals surface area contributed by atoms with Crippen molar-refractivity contribution in [3.05, 3.63) is 0 Å². The lowest BCUT2D eigenvalue weighted by Crippen LogP contribution is -2.48. The summed E-state index contributed by atoms with van der Waals surface area (Å²) in [6, 6.07) is -1.09. The molecule has 0 aromatic heterocycles. The molecular formula is C20H45ClN6O3S6. The van der Waals surface area contributed by atoms with Gasteiger partial charge in [-0.3, -0.25) is 14.4 Å². The minimum Gasteiger partial charge on any atom is -0.368 e. The van der Waals surface area contributed by atoms with E-state index >= 15 is 0 Å². The summed E-state index contributed by atoms with van der Waals surface area (Å²) in [6.45, 7) is 1.56. The Bertz CT molecular complexity index is 598. The van der Waals surface area contributed by atoms with E-state index in [2.05, 4.69) is 86.4 Å². The van der Waals surface area contributed by atoms with Gasteiger partial charge in [0.05, 0.1) is 12.0 Å². The molecule has 0 bridgehead atoms. The van der Waals surface area contributed by atoms with E-state index in [1.54, 1.807) is 0 Å². The van der Waals surface area contributed by atoms with Crippen LogP contribution in [0.3, 0.4) is 0 Å². The fourth-order valence-electron chi connectivity index (χ4n) is 2.59. The first kappa shape index (κ1) is 41.3. The van der Waals surface area contributed by atoms with Crippen LogP contribution in [0, 0.1) is 11.8 Å². The third kappa shape index (κ3) is 19.8. The molecule has 0 rings (SSSR count). The van der Waals surface area contributed by atoms with Crippen LogP contribution in [0.15, 0.2) is 0 Å². The van der Waals surface area contributed by atoms with Crippen LogP contribution in [0.5, 0.6) is 0 Å². The third-order valence-electron chi connectivity index (χ3n) is 5.13. The van der Waals surface area contributed by atoms with Crippen LogP contribution in [0.1, 0.15) is 19.3 Å². The number of primary amides is 1. The average Bonchev–Trinajstić information content (AvgIpc) is 2.86. The van der Waals surface area contributed by atoms with Crippen molar-refractivity contribution in [2.75, 3.05) is 47.6 Å². The zero-order valence-electron chi connectivity index (χ0n) is 20.4. The molecule has 0 aliphatic carbocycles. The maximum Gasteiger partial charge on any atom is 0.240 e. The molecule has 0 radical (unpaired) electrons. The molecule has 6 atom stereocenters. The van der Waals surface area contributed by atoms with E-state index in [1.807, 2.05) is 0 Å². The van der Waals surface area contributed by atoms with Crippen LogP contribution >= 0.6 is 88.2 Å². The Morgan fingerprint density at radius 2 is 1.42 bits per heavy atom. The van der Waals surface area contributed by atoms with Crippen LogP contribution in [0.25, 0.3) is 0 Å². The highest BCUT2D eigenvalue weighted by Gasteiger charge is 2.26. The number of Topliss-reactive ketones (excluding diaryl/α,β-unsaturated/α-hetero) is 1. The molecule has 9 nitrogen and oxygen atoms in total. The zero-order valence-corrected chi connectivity index (χ0v) is 26.6. The third-order valence-corrected chi connectivity index (χ3v) is 7.76. The van der Waals surface area contributed by atoms with E-state index in [1.165, 1.54) is 0 Å². The van der Waals surface area contributed by atoms with E-state index in [9.17, 15) is 14.4 Å². The van der Waals surface area contributed by atoms with Crippen LogP contribution < -0.4 is 33.6 Å². The summed E-state index contributed by atoms with van der Waals surface area (Å²) in [4.78, 5) is 34.5. The second kappa shape index (κ2) is 26.1. The highest BCUT2D eigenvalue weighted by atomic mass is 35.5. The molecule has 36 heavy (non-hydrogen) atoms. The molecule has 0 aliphatic rings. The summed E-state index contributed by atoms with van der Waals surface area (Å²) in [6.07, 6.45) is 2.04. The lowest BCUT2D eigenvalue weighted by Gasteiger charge is -2.20. The SMILES string of the molecule is Cl.NC(=O)[C@H](CS)NC(=O)[C@H](CS)CC(=O)[C@@H](N)CS.NC[C@H](CS)NC[C@H](CS)CC[C@@H](N)CS. The van der Waals surface area contributed by atoms with Gasteiger partial charge < -0.3 is 33.6 Å². The Balaban J connectivity index is -0.000000597. The van der Waals surface area contributed by atoms with Crippen molar-refractivity contribution in [2.24, 2.45) is 34.8 Å². The average molecular weight is 645 g/mol. The Morgan fingerprint density at radius 1 is 0.806 bits per heavy atom. The smallest absolute Gasteiger partial charge is 0.240 e. The largest absolute Gasteiger partial charge is 0.368 e. The van der Waals surface area contributed by atoms with Gasteiger partial charge in [-0.05, 0) is 31.1 Å². The summed E-state index contributed by atoms with van der Waals surface area (Å²) < 4.78 is 0. The monoisotopic (exact) mass is 644 g/mol. The van der Waals surface area contributed by atoms with Gasteiger partial charge in [0.1, 0.15) is 6.04 Å². The lowest BCUT2D eigenvalue weighted by molar-refractivity contribution is -0.131. The van der Waals surface area contributed by atoms with Gasteiger partial charge in [-0.1, -0.05) is 0 Å². The minimum absolute atomic E-state index is 0.